The molecule has 0 bridgehead atoms. The molecule has 2 amide bonds. The fourth-order valence-corrected chi connectivity index (χ4v) is 3.55. The van der Waals surface area contributed by atoms with Crippen molar-refractivity contribution in [2.75, 3.05) is 42.5 Å². The van der Waals surface area contributed by atoms with E-state index in [4.69, 9.17) is 5.11 Å². The molecule has 2 aliphatic heterocycles. The molecule has 0 aliphatic carbocycles. The van der Waals surface area contributed by atoms with Crippen LogP contribution in [0.2, 0.25) is 0 Å². The van der Waals surface area contributed by atoms with Crippen LogP contribution in [0, 0.1) is 5.92 Å². The van der Waals surface area contributed by atoms with Crippen LogP contribution in [0.1, 0.15) is 26.2 Å². The lowest BCUT2D eigenvalue weighted by Crippen LogP contribution is -2.48. The number of carboxylic acid groups (broad SMARTS) is 1. The summed E-state index contributed by atoms with van der Waals surface area (Å²) in [7, 11) is 0. The Hall–Kier alpha value is -2.57. The average Bonchev–Trinajstić information content (AvgIpc) is 3.04. The van der Waals surface area contributed by atoms with Gasteiger partial charge in [-0.2, -0.15) is 0 Å². The number of rotatable bonds is 5. The molecule has 0 spiro atoms. The van der Waals surface area contributed by atoms with Gasteiger partial charge in [0, 0.05) is 56.9 Å². The summed E-state index contributed by atoms with van der Waals surface area (Å²) >= 11 is 0. The van der Waals surface area contributed by atoms with Crippen LogP contribution < -0.4 is 9.80 Å². The molecule has 1 aromatic carbocycles. The lowest BCUT2D eigenvalue weighted by molar-refractivity contribution is -0.141. The number of aliphatic carboxylic acids is 1. The van der Waals surface area contributed by atoms with Crippen LogP contribution >= 0.6 is 0 Å². The molecular formula is C19H25N3O4. The fraction of sp³-hybridized carbons (Fsp3) is 0.526. The smallest absolute Gasteiger partial charge is 0.308 e. The van der Waals surface area contributed by atoms with Gasteiger partial charge in [-0.15, -0.1) is 0 Å². The molecule has 3 rings (SSSR count). The van der Waals surface area contributed by atoms with E-state index in [1.54, 1.807) is 4.90 Å². The van der Waals surface area contributed by atoms with E-state index in [1.165, 1.54) is 0 Å². The first kappa shape index (κ1) is 18.2. The summed E-state index contributed by atoms with van der Waals surface area (Å²) in [6, 6.07) is 7.65. The molecule has 2 saturated heterocycles. The summed E-state index contributed by atoms with van der Waals surface area (Å²) in [4.78, 5) is 40.8. The van der Waals surface area contributed by atoms with Gasteiger partial charge in [0.05, 0.1) is 5.92 Å². The molecule has 1 aromatic rings. The molecular weight excluding hydrogens is 334 g/mol. The normalized spacial score (nSPS) is 20.6. The van der Waals surface area contributed by atoms with E-state index in [-0.39, 0.29) is 24.8 Å². The van der Waals surface area contributed by atoms with E-state index in [1.807, 2.05) is 36.1 Å². The van der Waals surface area contributed by atoms with Crippen LogP contribution in [-0.4, -0.2) is 60.5 Å². The summed E-state index contributed by atoms with van der Waals surface area (Å²) in [6.45, 7) is 5.28. The minimum absolute atomic E-state index is 0.0604. The molecule has 0 unspecified atom stereocenters. The molecule has 1 N–H and O–H groups in total. The van der Waals surface area contributed by atoms with E-state index in [0.717, 1.165) is 44.0 Å². The van der Waals surface area contributed by atoms with Crippen LogP contribution in [0.4, 0.5) is 11.4 Å². The highest BCUT2D eigenvalue weighted by Crippen LogP contribution is 2.27. The Morgan fingerprint density at radius 3 is 2.23 bits per heavy atom. The number of carboxylic acids is 1. The first-order chi connectivity index (χ1) is 12.5. The number of benzene rings is 1. The molecule has 7 nitrogen and oxygen atoms in total. The van der Waals surface area contributed by atoms with Crippen molar-refractivity contribution < 1.29 is 19.5 Å². The van der Waals surface area contributed by atoms with Crippen molar-refractivity contribution in [1.29, 1.82) is 0 Å². The number of hydrogen-bond acceptors (Lipinski definition) is 4. The van der Waals surface area contributed by atoms with Gasteiger partial charge in [0.1, 0.15) is 0 Å². The second-order valence-electron chi connectivity index (χ2n) is 6.88. The SMILES string of the molecule is CCCC(=O)N1CCN(c2ccc(N3C[C@@H](C(=O)O)CC3=O)cc2)CC1. The highest BCUT2D eigenvalue weighted by molar-refractivity contribution is 5.99. The summed E-state index contributed by atoms with van der Waals surface area (Å²) in [5, 5.41) is 9.09. The van der Waals surface area contributed by atoms with Crippen LogP contribution in [0.15, 0.2) is 24.3 Å². The Bertz CT molecular complexity index is 681. The maximum absolute atomic E-state index is 12.0. The lowest BCUT2D eigenvalue weighted by atomic mass is 10.1. The summed E-state index contributed by atoms with van der Waals surface area (Å²) in [5.41, 5.74) is 1.79. The minimum atomic E-state index is -0.923. The number of piperazine rings is 1. The second-order valence-corrected chi connectivity index (χ2v) is 6.88. The highest BCUT2D eigenvalue weighted by atomic mass is 16.4. The number of amides is 2. The van der Waals surface area contributed by atoms with Crippen molar-refractivity contribution >= 4 is 29.2 Å². The maximum atomic E-state index is 12.0. The van der Waals surface area contributed by atoms with Gasteiger partial charge in [-0.25, -0.2) is 0 Å². The van der Waals surface area contributed by atoms with Gasteiger partial charge in [0.2, 0.25) is 11.8 Å². The first-order valence-corrected chi connectivity index (χ1v) is 9.15. The van der Waals surface area contributed by atoms with Crippen molar-refractivity contribution in [1.82, 2.24) is 4.90 Å². The summed E-state index contributed by atoms with van der Waals surface area (Å²) < 4.78 is 0. The number of nitrogens with zero attached hydrogens (tertiary/aromatic N) is 3. The lowest BCUT2D eigenvalue weighted by Gasteiger charge is -2.36. The summed E-state index contributed by atoms with van der Waals surface area (Å²) in [5.74, 6) is -1.47. The van der Waals surface area contributed by atoms with E-state index >= 15 is 0 Å². The molecule has 2 fully saturated rings. The number of carbonyl (C=O) groups excluding carboxylic acids is 2. The average molecular weight is 359 g/mol. The van der Waals surface area contributed by atoms with Crippen molar-refractivity contribution in [3.8, 4) is 0 Å². The molecule has 140 valence electrons. The number of carbonyl (C=O) groups is 3. The molecule has 2 heterocycles. The van der Waals surface area contributed by atoms with Gasteiger partial charge in [0.25, 0.3) is 0 Å². The van der Waals surface area contributed by atoms with Crippen molar-refractivity contribution in [2.45, 2.75) is 26.2 Å². The van der Waals surface area contributed by atoms with E-state index in [9.17, 15) is 14.4 Å². The van der Waals surface area contributed by atoms with Gasteiger partial charge in [-0.1, -0.05) is 6.92 Å². The van der Waals surface area contributed by atoms with Crippen molar-refractivity contribution in [2.24, 2.45) is 5.92 Å². The zero-order valence-electron chi connectivity index (χ0n) is 15.1. The maximum Gasteiger partial charge on any atom is 0.308 e. The zero-order chi connectivity index (χ0) is 18.7. The van der Waals surface area contributed by atoms with Crippen LogP contribution in [0.3, 0.4) is 0 Å². The van der Waals surface area contributed by atoms with E-state index < -0.39 is 11.9 Å². The third kappa shape index (κ3) is 3.81. The quantitative estimate of drug-likeness (QED) is 0.863. The van der Waals surface area contributed by atoms with Crippen LogP contribution in [-0.2, 0) is 14.4 Å². The predicted molar refractivity (Wildman–Crippen MR) is 98.2 cm³/mol. The standard InChI is InChI=1S/C19H25N3O4/c1-2-3-17(23)21-10-8-20(9-11-21)15-4-6-16(7-5-15)22-13-14(19(25)26)12-18(22)24/h4-7,14H,2-3,8-13H2,1H3,(H,25,26)/t14-/m0/s1. The first-order valence-electron chi connectivity index (χ1n) is 9.15. The van der Waals surface area contributed by atoms with Crippen molar-refractivity contribution in [3.05, 3.63) is 24.3 Å². The third-order valence-corrected chi connectivity index (χ3v) is 5.10. The molecule has 2 aliphatic rings. The Kier molecular flexibility index (Phi) is 5.44. The number of hydrogen-bond donors (Lipinski definition) is 1. The Labute approximate surface area is 153 Å². The van der Waals surface area contributed by atoms with Gasteiger partial charge in [0.15, 0.2) is 0 Å². The monoisotopic (exact) mass is 359 g/mol. The molecule has 0 radical (unpaired) electrons. The Morgan fingerprint density at radius 1 is 1.08 bits per heavy atom. The van der Waals surface area contributed by atoms with Gasteiger partial charge >= 0.3 is 5.97 Å². The predicted octanol–water partition coefficient (Wildman–Crippen LogP) is 1.57. The highest BCUT2D eigenvalue weighted by Gasteiger charge is 2.35. The fourth-order valence-electron chi connectivity index (χ4n) is 3.55. The molecule has 26 heavy (non-hydrogen) atoms. The van der Waals surface area contributed by atoms with Gasteiger partial charge in [-0.05, 0) is 30.7 Å². The van der Waals surface area contributed by atoms with Crippen LogP contribution in [0.5, 0.6) is 0 Å². The van der Waals surface area contributed by atoms with Crippen LogP contribution in [0.25, 0.3) is 0 Å². The van der Waals surface area contributed by atoms with E-state index in [2.05, 4.69) is 4.90 Å². The second kappa shape index (κ2) is 7.76. The molecule has 1 atom stereocenters. The van der Waals surface area contributed by atoms with Gasteiger partial charge in [-0.3, -0.25) is 14.4 Å². The minimum Gasteiger partial charge on any atom is -0.481 e. The molecule has 7 heteroatoms. The largest absolute Gasteiger partial charge is 0.481 e. The Morgan fingerprint density at radius 2 is 1.69 bits per heavy atom. The zero-order valence-corrected chi connectivity index (χ0v) is 15.1. The topological polar surface area (TPSA) is 81.2 Å². The molecule has 0 saturated carbocycles. The Balaban J connectivity index is 1.60. The number of anilines is 2. The van der Waals surface area contributed by atoms with Crippen molar-refractivity contribution in [3.63, 3.8) is 0 Å². The van der Waals surface area contributed by atoms with E-state index in [0.29, 0.717) is 6.42 Å². The molecule has 0 aromatic heterocycles. The summed E-state index contributed by atoms with van der Waals surface area (Å²) in [6.07, 6.45) is 1.54. The van der Waals surface area contributed by atoms with Gasteiger partial charge < -0.3 is 19.8 Å². The third-order valence-electron chi connectivity index (χ3n) is 5.10.